The van der Waals surface area contributed by atoms with Gasteiger partial charge in [-0.1, -0.05) is 0 Å². The fourth-order valence-corrected chi connectivity index (χ4v) is 2.70. The number of pyridine rings is 1. The van der Waals surface area contributed by atoms with E-state index in [9.17, 15) is 8.42 Å². The third-order valence-electron chi connectivity index (χ3n) is 1.97. The monoisotopic (exact) mass is 260 g/mol. The summed E-state index contributed by atoms with van der Waals surface area (Å²) in [4.78, 5) is 4.32. The van der Waals surface area contributed by atoms with Crippen LogP contribution in [0.4, 0.5) is 5.82 Å². The summed E-state index contributed by atoms with van der Waals surface area (Å²) in [5, 5.41) is 3.11. The van der Waals surface area contributed by atoms with Crippen molar-refractivity contribution in [2.45, 2.75) is 17.9 Å². The molecule has 1 rings (SSSR count). The fourth-order valence-electron chi connectivity index (χ4n) is 1.32. The summed E-state index contributed by atoms with van der Waals surface area (Å²) in [6.45, 7) is 2.00. The van der Waals surface area contributed by atoms with Crippen molar-refractivity contribution in [1.82, 2.24) is 4.98 Å². The van der Waals surface area contributed by atoms with E-state index in [0.29, 0.717) is 5.82 Å². The second kappa shape index (κ2) is 5.54. The molecule has 0 amide bonds. The predicted octanol–water partition coefficient (Wildman–Crippen LogP) is 1.65. The van der Waals surface area contributed by atoms with Crippen LogP contribution in [0.2, 0.25) is 0 Å². The number of nitrogens with one attached hydrogen (secondary N) is 1. The van der Waals surface area contributed by atoms with Crippen LogP contribution in [0, 0.1) is 0 Å². The standard InChI is InChI=1S/C10H16N2O2S2/c1-8(7-15-2)12-10-9(16(3,13)14)5-4-6-11-10/h4-6,8H,7H2,1-3H3,(H,11,12). The van der Waals surface area contributed by atoms with E-state index in [4.69, 9.17) is 0 Å². The molecule has 1 unspecified atom stereocenters. The molecule has 16 heavy (non-hydrogen) atoms. The van der Waals surface area contributed by atoms with Crippen LogP contribution < -0.4 is 5.32 Å². The van der Waals surface area contributed by atoms with Gasteiger partial charge >= 0.3 is 0 Å². The lowest BCUT2D eigenvalue weighted by atomic mass is 10.3. The number of thioether (sulfide) groups is 1. The van der Waals surface area contributed by atoms with E-state index >= 15 is 0 Å². The highest BCUT2D eigenvalue weighted by atomic mass is 32.2. The molecule has 0 saturated carbocycles. The highest BCUT2D eigenvalue weighted by Crippen LogP contribution is 2.18. The Bertz CT molecular complexity index is 446. The average molecular weight is 260 g/mol. The van der Waals surface area contributed by atoms with Crippen LogP contribution in [0.3, 0.4) is 0 Å². The third-order valence-corrected chi connectivity index (χ3v) is 3.93. The van der Waals surface area contributed by atoms with Gasteiger partial charge in [-0.15, -0.1) is 0 Å². The van der Waals surface area contributed by atoms with Gasteiger partial charge < -0.3 is 5.32 Å². The topological polar surface area (TPSA) is 59.1 Å². The summed E-state index contributed by atoms with van der Waals surface area (Å²) in [6.07, 6.45) is 4.78. The Kier molecular flexibility index (Phi) is 4.61. The van der Waals surface area contributed by atoms with Gasteiger partial charge in [0.25, 0.3) is 0 Å². The molecule has 0 aliphatic carbocycles. The SMILES string of the molecule is CSCC(C)Nc1ncccc1S(C)(=O)=O. The maximum absolute atomic E-state index is 11.5. The van der Waals surface area contributed by atoms with E-state index in [1.165, 1.54) is 6.26 Å². The van der Waals surface area contributed by atoms with Gasteiger partial charge in [0.05, 0.1) is 0 Å². The van der Waals surface area contributed by atoms with Crippen LogP contribution in [-0.2, 0) is 9.84 Å². The Hall–Kier alpha value is -0.750. The average Bonchev–Trinajstić information content (AvgIpc) is 2.17. The first-order chi connectivity index (χ1) is 7.45. The molecule has 4 nitrogen and oxygen atoms in total. The van der Waals surface area contributed by atoms with E-state index in [0.717, 1.165) is 5.75 Å². The van der Waals surface area contributed by atoms with Gasteiger partial charge in [-0.3, -0.25) is 0 Å². The second-order valence-electron chi connectivity index (χ2n) is 3.62. The van der Waals surface area contributed by atoms with Crippen LogP contribution in [-0.4, -0.2) is 37.7 Å². The van der Waals surface area contributed by atoms with Crippen LogP contribution >= 0.6 is 11.8 Å². The molecule has 0 saturated heterocycles. The van der Waals surface area contributed by atoms with Gasteiger partial charge in [0.15, 0.2) is 9.84 Å². The summed E-state index contributed by atoms with van der Waals surface area (Å²) >= 11 is 1.70. The highest BCUT2D eigenvalue weighted by molar-refractivity contribution is 7.98. The van der Waals surface area contributed by atoms with Crippen molar-refractivity contribution < 1.29 is 8.42 Å². The quantitative estimate of drug-likeness (QED) is 0.872. The molecule has 1 heterocycles. The van der Waals surface area contributed by atoms with E-state index < -0.39 is 9.84 Å². The zero-order chi connectivity index (χ0) is 12.2. The number of hydrogen-bond acceptors (Lipinski definition) is 5. The molecule has 0 fully saturated rings. The lowest BCUT2D eigenvalue weighted by Gasteiger charge is -2.15. The van der Waals surface area contributed by atoms with Crippen LogP contribution in [0.5, 0.6) is 0 Å². The smallest absolute Gasteiger partial charge is 0.179 e. The Morgan fingerprint density at radius 1 is 1.56 bits per heavy atom. The molecule has 0 aromatic carbocycles. The molecule has 6 heteroatoms. The molecule has 0 bridgehead atoms. The maximum Gasteiger partial charge on any atom is 0.179 e. The molecule has 0 aliphatic rings. The number of hydrogen-bond donors (Lipinski definition) is 1. The van der Waals surface area contributed by atoms with Crippen molar-refractivity contribution in [2.24, 2.45) is 0 Å². The molecule has 90 valence electrons. The van der Waals surface area contributed by atoms with Crippen molar-refractivity contribution in [2.75, 3.05) is 23.6 Å². The molecule has 0 spiro atoms. The molecule has 0 aliphatic heterocycles. The Balaban J connectivity index is 2.96. The van der Waals surface area contributed by atoms with Gasteiger partial charge in [-0.2, -0.15) is 11.8 Å². The van der Waals surface area contributed by atoms with Gasteiger partial charge in [-0.25, -0.2) is 13.4 Å². The van der Waals surface area contributed by atoms with E-state index in [1.54, 1.807) is 30.1 Å². The normalized spacial score (nSPS) is 13.4. The molecule has 1 aromatic rings. The maximum atomic E-state index is 11.5. The van der Waals surface area contributed by atoms with Crippen LogP contribution in [0.1, 0.15) is 6.92 Å². The number of aromatic nitrogens is 1. The van der Waals surface area contributed by atoms with E-state index in [1.807, 2.05) is 13.2 Å². The summed E-state index contributed by atoms with van der Waals surface area (Å²) in [7, 11) is -3.23. The molecule has 1 N–H and O–H groups in total. The summed E-state index contributed by atoms with van der Waals surface area (Å²) in [5.74, 6) is 1.34. The first-order valence-corrected chi connectivity index (χ1v) is 8.14. The van der Waals surface area contributed by atoms with Gasteiger partial charge in [-0.05, 0) is 25.3 Å². The first kappa shape index (κ1) is 13.3. The predicted molar refractivity (Wildman–Crippen MR) is 68.8 cm³/mol. The molecule has 0 radical (unpaired) electrons. The van der Waals surface area contributed by atoms with Gasteiger partial charge in [0, 0.05) is 24.2 Å². The highest BCUT2D eigenvalue weighted by Gasteiger charge is 2.14. The van der Waals surface area contributed by atoms with Crippen molar-refractivity contribution >= 4 is 27.4 Å². The minimum atomic E-state index is -3.23. The van der Waals surface area contributed by atoms with Crippen molar-refractivity contribution in [3.8, 4) is 0 Å². The molecular weight excluding hydrogens is 244 g/mol. The van der Waals surface area contributed by atoms with Crippen molar-refractivity contribution in [3.63, 3.8) is 0 Å². The van der Waals surface area contributed by atoms with E-state index in [-0.39, 0.29) is 10.9 Å². The number of nitrogens with zero attached hydrogens (tertiary/aromatic N) is 1. The van der Waals surface area contributed by atoms with Crippen molar-refractivity contribution in [3.05, 3.63) is 18.3 Å². The first-order valence-electron chi connectivity index (χ1n) is 4.85. The molecule has 1 atom stereocenters. The zero-order valence-electron chi connectivity index (χ0n) is 9.60. The lowest BCUT2D eigenvalue weighted by Crippen LogP contribution is -2.20. The fraction of sp³-hybridized carbons (Fsp3) is 0.500. The minimum absolute atomic E-state index is 0.186. The number of sulfone groups is 1. The molecular formula is C10H16N2O2S2. The van der Waals surface area contributed by atoms with Gasteiger partial charge in [0.2, 0.25) is 0 Å². The third kappa shape index (κ3) is 3.68. The summed E-state index contributed by atoms with van der Waals surface area (Å²) in [6, 6.07) is 3.38. The van der Waals surface area contributed by atoms with Crippen LogP contribution in [0.15, 0.2) is 23.2 Å². The van der Waals surface area contributed by atoms with Crippen molar-refractivity contribution in [1.29, 1.82) is 0 Å². The molecule has 1 aromatic heterocycles. The lowest BCUT2D eigenvalue weighted by molar-refractivity contribution is 0.601. The second-order valence-corrected chi connectivity index (χ2v) is 6.52. The largest absolute Gasteiger partial charge is 0.366 e. The Labute approximate surface area is 101 Å². The summed E-state index contributed by atoms with van der Waals surface area (Å²) < 4.78 is 23.0. The Morgan fingerprint density at radius 2 is 2.25 bits per heavy atom. The summed E-state index contributed by atoms with van der Waals surface area (Å²) in [5.41, 5.74) is 0. The van der Waals surface area contributed by atoms with E-state index in [2.05, 4.69) is 10.3 Å². The minimum Gasteiger partial charge on any atom is -0.366 e. The number of rotatable bonds is 5. The zero-order valence-corrected chi connectivity index (χ0v) is 11.2. The Morgan fingerprint density at radius 3 is 2.81 bits per heavy atom. The number of anilines is 1. The van der Waals surface area contributed by atoms with Gasteiger partial charge in [0.1, 0.15) is 10.7 Å². The van der Waals surface area contributed by atoms with Crippen LogP contribution in [0.25, 0.3) is 0 Å².